The van der Waals surface area contributed by atoms with E-state index in [2.05, 4.69) is 9.71 Å². The van der Waals surface area contributed by atoms with E-state index in [4.69, 9.17) is 0 Å². The van der Waals surface area contributed by atoms with Gasteiger partial charge in [0.05, 0.1) is 0 Å². The lowest BCUT2D eigenvalue weighted by Crippen LogP contribution is -2.40. The number of piperidine rings is 1. The fourth-order valence-electron chi connectivity index (χ4n) is 3.77. The number of rotatable bonds is 6. The molecule has 1 aromatic carbocycles. The molecule has 1 fully saturated rings. The first-order chi connectivity index (χ1) is 12.9. The lowest BCUT2D eigenvalue weighted by atomic mass is 9.96. The number of carbonyl (C=O) groups excluding carboxylic acids is 1. The van der Waals surface area contributed by atoms with Crippen molar-refractivity contribution in [2.45, 2.75) is 30.6 Å². The third kappa shape index (κ3) is 4.50. The van der Waals surface area contributed by atoms with Crippen LogP contribution in [0.15, 0.2) is 33.6 Å². The van der Waals surface area contributed by atoms with Crippen molar-refractivity contribution in [2.75, 3.05) is 40.3 Å². The van der Waals surface area contributed by atoms with Gasteiger partial charge in [0.15, 0.2) is 0 Å². The van der Waals surface area contributed by atoms with Gasteiger partial charge in [-0.15, -0.1) is 4.40 Å². The molecule has 0 saturated carbocycles. The summed E-state index contributed by atoms with van der Waals surface area (Å²) >= 11 is 0. The van der Waals surface area contributed by atoms with Crippen molar-refractivity contribution in [3.8, 4) is 0 Å². The quantitative estimate of drug-likeness (QED) is 0.789. The van der Waals surface area contributed by atoms with Gasteiger partial charge in [0, 0.05) is 38.7 Å². The van der Waals surface area contributed by atoms with Crippen molar-refractivity contribution in [1.82, 2.24) is 15.1 Å². The van der Waals surface area contributed by atoms with Crippen LogP contribution in [-0.2, 0) is 14.8 Å². The number of sulfonamides is 1. The van der Waals surface area contributed by atoms with Gasteiger partial charge >= 0.3 is 0 Å². The van der Waals surface area contributed by atoms with Crippen LogP contribution in [0.5, 0.6) is 0 Å². The van der Waals surface area contributed by atoms with E-state index < -0.39 is 10.0 Å². The summed E-state index contributed by atoms with van der Waals surface area (Å²) in [7, 11) is 0.186. The molecule has 148 valence electrons. The van der Waals surface area contributed by atoms with Crippen molar-refractivity contribution in [3.63, 3.8) is 0 Å². The van der Waals surface area contributed by atoms with Crippen molar-refractivity contribution in [1.29, 1.82) is 0 Å². The molecule has 8 heteroatoms. The van der Waals surface area contributed by atoms with Crippen molar-refractivity contribution >= 4 is 21.8 Å². The molecule has 7 nitrogen and oxygen atoms in total. The summed E-state index contributed by atoms with van der Waals surface area (Å²) in [6.45, 7) is 3.27. The molecule has 0 bridgehead atoms. The summed E-state index contributed by atoms with van der Waals surface area (Å²) in [5.41, 5.74) is 0.637. The van der Waals surface area contributed by atoms with Gasteiger partial charge in [-0.05, 0) is 50.9 Å². The van der Waals surface area contributed by atoms with Gasteiger partial charge in [-0.25, -0.2) is 0 Å². The normalized spacial score (nSPS) is 18.9. The highest BCUT2D eigenvalue weighted by Crippen LogP contribution is 2.27. The third-order valence-electron chi connectivity index (χ3n) is 5.32. The Kier molecular flexibility index (Phi) is 6.16. The van der Waals surface area contributed by atoms with Crippen LogP contribution in [0.25, 0.3) is 0 Å². The topological polar surface area (TPSA) is 82.1 Å². The van der Waals surface area contributed by atoms with Crippen LogP contribution in [0, 0.1) is 5.92 Å². The highest BCUT2D eigenvalue weighted by Gasteiger charge is 2.30. The number of nitrogens with one attached hydrogen (secondary N) is 1. The molecule has 1 aromatic rings. The number of likely N-dealkylation sites (tertiary alicyclic amines) is 1. The first kappa shape index (κ1) is 19.8. The van der Waals surface area contributed by atoms with E-state index >= 15 is 0 Å². The molecule has 2 heterocycles. The maximum absolute atomic E-state index is 12.4. The van der Waals surface area contributed by atoms with E-state index in [0.717, 1.165) is 32.5 Å². The van der Waals surface area contributed by atoms with Gasteiger partial charge in [-0.3, -0.25) is 4.79 Å². The van der Waals surface area contributed by atoms with Crippen LogP contribution in [-0.4, -0.2) is 70.2 Å². The Morgan fingerprint density at radius 2 is 2.00 bits per heavy atom. The first-order valence-electron chi connectivity index (χ1n) is 9.50. The first-order valence-corrected chi connectivity index (χ1v) is 10.9. The minimum atomic E-state index is -3.60. The minimum absolute atomic E-state index is 0.188. The molecule has 0 atom stereocenters. The summed E-state index contributed by atoms with van der Waals surface area (Å²) in [6.07, 6.45) is 3.26. The zero-order valence-corrected chi connectivity index (χ0v) is 16.8. The molecule has 0 spiro atoms. The van der Waals surface area contributed by atoms with Gasteiger partial charge in [-0.2, -0.15) is 8.42 Å². The SMILES string of the molecule is CNCC1CCN(C(=O)CCCN(C)C2=NS(=O)(=O)c3ccccc32)CC1. The Balaban J connectivity index is 1.49. The van der Waals surface area contributed by atoms with E-state index in [1.54, 1.807) is 18.2 Å². The standard InChI is InChI=1S/C19H28N4O3S/c1-20-14-15-9-12-23(13-10-15)18(24)8-5-11-22(2)19-16-6-3-4-7-17(16)27(25,26)21-19/h3-4,6-7,15,20H,5,8-14H2,1-2H3. The molecule has 0 unspecified atom stereocenters. The van der Waals surface area contributed by atoms with E-state index in [0.29, 0.717) is 36.7 Å². The van der Waals surface area contributed by atoms with E-state index in [1.165, 1.54) is 0 Å². The monoisotopic (exact) mass is 392 g/mol. The molecule has 27 heavy (non-hydrogen) atoms. The highest BCUT2D eigenvalue weighted by atomic mass is 32.2. The maximum Gasteiger partial charge on any atom is 0.285 e. The predicted molar refractivity (Wildman–Crippen MR) is 105 cm³/mol. The smallest absolute Gasteiger partial charge is 0.285 e. The maximum atomic E-state index is 12.4. The fraction of sp³-hybridized carbons (Fsp3) is 0.579. The lowest BCUT2D eigenvalue weighted by molar-refractivity contribution is -0.132. The van der Waals surface area contributed by atoms with Gasteiger partial charge < -0.3 is 15.1 Å². The molecule has 0 aliphatic carbocycles. The van der Waals surface area contributed by atoms with Crippen molar-refractivity contribution in [2.24, 2.45) is 10.3 Å². The summed E-state index contributed by atoms with van der Waals surface area (Å²) < 4.78 is 28.2. The lowest BCUT2D eigenvalue weighted by Gasteiger charge is -2.32. The predicted octanol–water partition coefficient (Wildman–Crippen LogP) is 1.31. The number of amides is 1. The Morgan fingerprint density at radius 1 is 1.30 bits per heavy atom. The highest BCUT2D eigenvalue weighted by molar-refractivity contribution is 7.90. The van der Waals surface area contributed by atoms with E-state index in [-0.39, 0.29) is 10.8 Å². The second-order valence-electron chi connectivity index (χ2n) is 7.29. The zero-order valence-electron chi connectivity index (χ0n) is 16.0. The van der Waals surface area contributed by atoms with Crippen LogP contribution in [0.2, 0.25) is 0 Å². The van der Waals surface area contributed by atoms with E-state index in [9.17, 15) is 13.2 Å². The van der Waals surface area contributed by atoms with E-state index in [1.807, 2.05) is 30.0 Å². The average molecular weight is 393 g/mol. The van der Waals surface area contributed by atoms with Gasteiger partial charge in [-0.1, -0.05) is 12.1 Å². The van der Waals surface area contributed by atoms with Crippen LogP contribution >= 0.6 is 0 Å². The number of amidine groups is 1. The number of hydrogen-bond acceptors (Lipinski definition) is 5. The summed E-state index contributed by atoms with van der Waals surface area (Å²) in [4.78, 5) is 16.5. The number of hydrogen-bond donors (Lipinski definition) is 1. The minimum Gasteiger partial charge on any atom is -0.358 e. The molecule has 1 N–H and O–H groups in total. The van der Waals surface area contributed by atoms with Crippen LogP contribution in [0.3, 0.4) is 0 Å². The summed E-state index contributed by atoms with van der Waals surface area (Å²) in [5.74, 6) is 1.31. The molecule has 1 amide bonds. The van der Waals surface area contributed by atoms with Crippen LogP contribution < -0.4 is 5.32 Å². The van der Waals surface area contributed by atoms with Gasteiger partial charge in [0.1, 0.15) is 10.7 Å². The third-order valence-corrected chi connectivity index (χ3v) is 6.64. The summed E-state index contributed by atoms with van der Waals surface area (Å²) in [5, 5.41) is 3.20. The molecule has 0 radical (unpaired) electrons. The molecule has 0 aromatic heterocycles. The Labute approximate surface area is 161 Å². The number of carbonyl (C=O) groups is 1. The van der Waals surface area contributed by atoms with Crippen molar-refractivity contribution in [3.05, 3.63) is 29.8 Å². The Hall–Kier alpha value is -1.93. The zero-order chi connectivity index (χ0) is 19.4. The number of nitrogens with zero attached hydrogens (tertiary/aromatic N) is 3. The molecular formula is C19H28N4O3S. The molecular weight excluding hydrogens is 364 g/mol. The van der Waals surface area contributed by atoms with Crippen molar-refractivity contribution < 1.29 is 13.2 Å². The fourth-order valence-corrected chi connectivity index (χ4v) is 5.02. The van der Waals surface area contributed by atoms with Crippen LogP contribution in [0.4, 0.5) is 0 Å². The second kappa shape index (κ2) is 8.39. The molecule has 1 saturated heterocycles. The average Bonchev–Trinajstić information content (AvgIpc) is 2.94. The molecule has 3 rings (SSSR count). The molecule has 2 aliphatic heterocycles. The largest absolute Gasteiger partial charge is 0.358 e. The number of benzene rings is 1. The summed E-state index contributed by atoms with van der Waals surface area (Å²) in [6, 6.07) is 6.86. The Bertz CT molecular complexity index is 814. The van der Waals surface area contributed by atoms with Gasteiger partial charge in [0.25, 0.3) is 10.0 Å². The Morgan fingerprint density at radius 3 is 2.70 bits per heavy atom. The molecule has 2 aliphatic rings. The second-order valence-corrected chi connectivity index (χ2v) is 8.87. The van der Waals surface area contributed by atoms with Crippen LogP contribution in [0.1, 0.15) is 31.2 Å². The van der Waals surface area contributed by atoms with Gasteiger partial charge in [0.2, 0.25) is 5.91 Å². The number of fused-ring (bicyclic) bond motifs is 1.